The van der Waals surface area contributed by atoms with Crippen molar-refractivity contribution in [3.05, 3.63) is 29.6 Å². The van der Waals surface area contributed by atoms with Crippen molar-refractivity contribution in [1.82, 2.24) is 4.90 Å². The van der Waals surface area contributed by atoms with E-state index in [1.807, 2.05) is 0 Å². The summed E-state index contributed by atoms with van der Waals surface area (Å²) in [4.78, 5) is 24.0. The Hall–Kier alpha value is -2.15. The van der Waals surface area contributed by atoms with E-state index in [-0.39, 0.29) is 11.3 Å². The number of hydrogen-bond acceptors (Lipinski definition) is 3. The Bertz CT molecular complexity index is 493. The molecule has 0 unspecified atom stereocenters. The lowest BCUT2D eigenvalue weighted by molar-refractivity contribution is 0.0696. The second-order valence-corrected chi connectivity index (χ2v) is 4.00. The molecule has 0 heterocycles. The molecule has 110 valence electrons. The van der Waals surface area contributed by atoms with Gasteiger partial charge in [-0.3, -0.25) is 0 Å². The maximum Gasteiger partial charge on any atom is 0.335 e. The molecule has 1 aromatic rings. The number of anilines is 1. The van der Waals surface area contributed by atoms with Gasteiger partial charge in [-0.15, -0.1) is 0 Å². The number of carbonyl (C=O) groups excluding carboxylic acids is 1. The molecule has 2 N–H and O–H groups in total. The van der Waals surface area contributed by atoms with Crippen LogP contribution in [-0.2, 0) is 4.74 Å². The van der Waals surface area contributed by atoms with Gasteiger partial charge in [-0.05, 0) is 25.1 Å². The molecule has 6 nitrogen and oxygen atoms in total. The van der Waals surface area contributed by atoms with Crippen LogP contribution in [0.5, 0.6) is 0 Å². The fourth-order valence-corrected chi connectivity index (χ4v) is 1.55. The maximum absolute atomic E-state index is 13.7. The van der Waals surface area contributed by atoms with Crippen molar-refractivity contribution in [1.29, 1.82) is 0 Å². The van der Waals surface area contributed by atoms with E-state index in [2.05, 4.69) is 5.32 Å². The molecular weight excluding hydrogens is 267 g/mol. The Morgan fingerprint density at radius 3 is 2.65 bits per heavy atom. The van der Waals surface area contributed by atoms with Crippen LogP contribution in [0, 0.1) is 5.82 Å². The van der Waals surface area contributed by atoms with Gasteiger partial charge in [0.2, 0.25) is 0 Å². The van der Waals surface area contributed by atoms with E-state index >= 15 is 0 Å². The molecule has 0 aromatic heterocycles. The van der Waals surface area contributed by atoms with Gasteiger partial charge < -0.3 is 20.1 Å². The van der Waals surface area contributed by atoms with Gasteiger partial charge in [0, 0.05) is 20.2 Å². The monoisotopic (exact) mass is 284 g/mol. The van der Waals surface area contributed by atoms with Gasteiger partial charge in [-0.1, -0.05) is 0 Å². The minimum Gasteiger partial charge on any atom is -0.478 e. The summed E-state index contributed by atoms with van der Waals surface area (Å²) in [6, 6.07) is 2.85. The normalized spacial score (nSPS) is 10.2. The first-order chi connectivity index (χ1) is 9.49. The second kappa shape index (κ2) is 7.44. The average Bonchev–Trinajstić information content (AvgIpc) is 2.41. The third kappa shape index (κ3) is 4.20. The summed E-state index contributed by atoms with van der Waals surface area (Å²) in [5, 5.41) is 11.1. The number of carboxylic acid groups (broad SMARTS) is 1. The van der Waals surface area contributed by atoms with Crippen LogP contribution in [-0.4, -0.2) is 48.8 Å². The second-order valence-electron chi connectivity index (χ2n) is 4.00. The van der Waals surface area contributed by atoms with Gasteiger partial charge in [-0.2, -0.15) is 0 Å². The summed E-state index contributed by atoms with van der Waals surface area (Å²) in [5.41, 5.74) is -0.233. The van der Waals surface area contributed by atoms with Gasteiger partial charge in [0.25, 0.3) is 0 Å². The van der Waals surface area contributed by atoms with Crippen molar-refractivity contribution in [2.24, 2.45) is 0 Å². The summed E-state index contributed by atoms with van der Waals surface area (Å²) in [7, 11) is 1.52. The molecule has 0 fully saturated rings. The third-order valence-corrected chi connectivity index (χ3v) is 2.69. The molecule has 0 bridgehead atoms. The topological polar surface area (TPSA) is 78.9 Å². The smallest absolute Gasteiger partial charge is 0.335 e. The molecule has 1 aromatic carbocycles. The van der Waals surface area contributed by atoms with Crippen LogP contribution in [0.15, 0.2) is 18.2 Å². The van der Waals surface area contributed by atoms with Crippen molar-refractivity contribution in [3.63, 3.8) is 0 Å². The number of halogens is 1. The minimum atomic E-state index is -1.22. The lowest BCUT2D eigenvalue weighted by atomic mass is 10.2. The molecule has 0 aliphatic rings. The molecule has 1 rings (SSSR count). The van der Waals surface area contributed by atoms with E-state index in [0.29, 0.717) is 19.7 Å². The number of nitrogens with one attached hydrogen (secondary N) is 1. The van der Waals surface area contributed by atoms with Crippen molar-refractivity contribution in [2.45, 2.75) is 6.92 Å². The van der Waals surface area contributed by atoms with Gasteiger partial charge in [0.05, 0.1) is 17.9 Å². The van der Waals surface area contributed by atoms with Crippen molar-refractivity contribution < 1.29 is 23.8 Å². The summed E-state index contributed by atoms with van der Waals surface area (Å²) in [6.07, 6.45) is 0. The number of amides is 2. The first-order valence-electron chi connectivity index (χ1n) is 6.07. The quantitative estimate of drug-likeness (QED) is 0.837. The van der Waals surface area contributed by atoms with Crippen LogP contribution in [0.1, 0.15) is 17.3 Å². The van der Waals surface area contributed by atoms with Gasteiger partial charge >= 0.3 is 12.0 Å². The molecular formula is C13H17FN2O4. The first kappa shape index (κ1) is 15.9. The predicted molar refractivity (Wildman–Crippen MR) is 71.5 cm³/mol. The van der Waals surface area contributed by atoms with E-state index in [1.54, 1.807) is 6.92 Å². The molecule has 0 radical (unpaired) electrons. The highest BCUT2D eigenvalue weighted by Crippen LogP contribution is 2.16. The van der Waals surface area contributed by atoms with E-state index in [0.717, 1.165) is 6.07 Å². The molecule has 20 heavy (non-hydrogen) atoms. The minimum absolute atomic E-state index is 0.0594. The SMILES string of the molecule is CCN(CCOC)C(=O)Nc1ccc(C(=O)O)cc1F. The van der Waals surface area contributed by atoms with Crippen molar-refractivity contribution >= 4 is 17.7 Å². The number of benzene rings is 1. The zero-order chi connectivity index (χ0) is 15.1. The van der Waals surface area contributed by atoms with Crippen molar-refractivity contribution in [3.8, 4) is 0 Å². The number of carbonyl (C=O) groups is 2. The lowest BCUT2D eigenvalue weighted by Gasteiger charge is -2.21. The van der Waals surface area contributed by atoms with Crippen LogP contribution >= 0.6 is 0 Å². The molecule has 0 aliphatic heterocycles. The van der Waals surface area contributed by atoms with Crippen molar-refractivity contribution in [2.75, 3.05) is 32.1 Å². The number of carboxylic acids is 1. The molecule has 7 heteroatoms. The highest BCUT2D eigenvalue weighted by Gasteiger charge is 2.14. The molecule has 0 atom stereocenters. The number of likely N-dealkylation sites (N-methyl/N-ethyl adjacent to an activating group) is 1. The van der Waals surface area contributed by atoms with Crippen LogP contribution < -0.4 is 5.32 Å². The Kier molecular flexibility index (Phi) is 5.92. The Morgan fingerprint density at radius 1 is 1.45 bits per heavy atom. The standard InChI is InChI=1S/C13H17FN2O4/c1-3-16(6-7-20-2)13(19)15-11-5-4-9(12(17)18)8-10(11)14/h4-5,8H,3,6-7H2,1-2H3,(H,15,19)(H,17,18). The third-order valence-electron chi connectivity index (χ3n) is 2.69. The van der Waals surface area contributed by atoms with E-state index in [1.165, 1.54) is 24.1 Å². The Labute approximate surface area is 116 Å². The van der Waals surface area contributed by atoms with Gasteiger partial charge in [0.1, 0.15) is 5.82 Å². The van der Waals surface area contributed by atoms with E-state index in [9.17, 15) is 14.0 Å². The van der Waals surface area contributed by atoms with Gasteiger partial charge in [-0.25, -0.2) is 14.0 Å². The predicted octanol–water partition coefficient (Wildman–Crippen LogP) is 2.02. The lowest BCUT2D eigenvalue weighted by Crippen LogP contribution is -2.37. The first-order valence-corrected chi connectivity index (χ1v) is 6.07. The van der Waals surface area contributed by atoms with Crippen LogP contribution in [0.25, 0.3) is 0 Å². The number of hydrogen-bond donors (Lipinski definition) is 2. The number of ether oxygens (including phenoxy) is 1. The average molecular weight is 284 g/mol. The summed E-state index contributed by atoms with van der Waals surface area (Å²) < 4.78 is 18.5. The molecule has 0 aliphatic carbocycles. The highest BCUT2D eigenvalue weighted by molar-refractivity contribution is 5.91. The fourth-order valence-electron chi connectivity index (χ4n) is 1.55. The van der Waals surface area contributed by atoms with Crippen LogP contribution in [0.2, 0.25) is 0 Å². The largest absolute Gasteiger partial charge is 0.478 e. The molecule has 0 saturated carbocycles. The molecule has 2 amide bonds. The zero-order valence-corrected chi connectivity index (χ0v) is 11.4. The van der Waals surface area contributed by atoms with E-state index in [4.69, 9.17) is 9.84 Å². The van der Waals surface area contributed by atoms with E-state index < -0.39 is 17.8 Å². The number of aromatic carboxylic acids is 1. The maximum atomic E-state index is 13.7. The molecule has 0 spiro atoms. The highest BCUT2D eigenvalue weighted by atomic mass is 19.1. The summed E-state index contributed by atoms with van der Waals surface area (Å²) in [6.45, 7) is 3.00. The Morgan fingerprint density at radius 2 is 2.15 bits per heavy atom. The number of methoxy groups -OCH3 is 1. The summed E-state index contributed by atoms with van der Waals surface area (Å²) in [5.74, 6) is -2.02. The van der Waals surface area contributed by atoms with Crippen LogP contribution in [0.3, 0.4) is 0 Å². The van der Waals surface area contributed by atoms with Crippen LogP contribution in [0.4, 0.5) is 14.9 Å². The molecule has 0 saturated heterocycles. The number of urea groups is 1. The number of rotatable bonds is 6. The number of nitrogens with zero attached hydrogens (tertiary/aromatic N) is 1. The zero-order valence-electron chi connectivity index (χ0n) is 11.4. The Balaban J connectivity index is 2.76. The fraction of sp³-hybridized carbons (Fsp3) is 0.385. The van der Waals surface area contributed by atoms with Gasteiger partial charge in [0.15, 0.2) is 0 Å². The summed E-state index contributed by atoms with van der Waals surface area (Å²) >= 11 is 0.